The van der Waals surface area contributed by atoms with Gasteiger partial charge in [0.15, 0.2) is 5.58 Å². The van der Waals surface area contributed by atoms with Crippen LogP contribution in [-0.2, 0) is 11.3 Å². The summed E-state index contributed by atoms with van der Waals surface area (Å²) in [4.78, 5) is 25.2. The molecule has 0 amide bonds. The standard InChI is InChI=1S/C40H39Cl2N5O4/c1-23-14-26(34(41)17-28(23)21-47-12-9-27(20-47)40(49)50)6-7-36-33(18-43)32(8-11-44-36)30-4-3-5-31(24(30)2)39-45-37-16-25(15-35(42)38(37)51-39)19-46-13-10-29(48)22-46/h3-8,11,14-16,27,29,34,48H,9-10,12-13,17,19-22H2,1-2H3,(H,49,50)/b7-6+/t27-,29-,34?/m1/s1. The van der Waals surface area contributed by atoms with Gasteiger partial charge in [0.05, 0.1) is 33.7 Å². The Morgan fingerprint density at radius 1 is 1.08 bits per heavy atom. The van der Waals surface area contributed by atoms with Gasteiger partial charge in [-0.25, -0.2) is 4.98 Å². The van der Waals surface area contributed by atoms with Gasteiger partial charge < -0.3 is 14.6 Å². The minimum atomic E-state index is -0.731. The average Bonchev–Trinajstić information content (AvgIpc) is 3.86. The summed E-state index contributed by atoms with van der Waals surface area (Å²) >= 11 is 13.5. The summed E-state index contributed by atoms with van der Waals surface area (Å²) in [6, 6.07) is 14.0. The van der Waals surface area contributed by atoms with Gasteiger partial charge in [0.25, 0.3) is 0 Å². The van der Waals surface area contributed by atoms with Crippen LogP contribution < -0.4 is 0 Å². The lowest BCUT2D eigenvalue weighted by Crippen LogP contribution is -2.27. The molecule has 3 atom stereocenters. The van der Waals surface area contributed by atoms with Crippen molar-refractivity contribution in [3.05, 3.63) is 98.9 Å². The predicted molar refractivity (Wildman–Crippen MR) is 199 cm³/mol. The number of allylic oxidation sites excluding steroid dienone is 4. The molecule has 0 radical (unpaired) electrons. The normalized spacial score (nSPS) is 21.6. The van der Waals surface area contributed by atoms with E-state index < -0.39 is 5.97 Å². The second-order valence-corrected chi connectivity index (χ2v) is 14.8. The van der Waals surface area contributed by atoms with Gasteiger partial charge in [-0.2, -0.15) is 5.26 Å². The Balaban J connectivity index is 1.14. The first kappa shape index (κ1) is 35.1. The minimum Gasteiger partial charge on any atom is -0.481 e. The number of halogens is 2. The predicted octanol–water partition coefficient (Wildman–Crippen LogP) is 7.63. The van der Waals surface area contributed by atoms with E-state index in [9.17, 15) is 20.3 Å². The van der Waals surface area contributed by atoms with Crippen molar-refractivity contribution in [2.75, 3.05) is 32.7 Å². The molecule has 2 N–H and O–H groups in total. The number of hydrogen-bond donors (Lipinski definition) is 2. The van der Waals surface area contributed by atoms with Gasteiger partial charge in [-0.05, 0) is 92.3 Å². The van der Waals surface area contributed by atoms with Crippen LogP contribution in [0.4, 0.5) is 0 Å². The van der Waals surface area contributed by atoms with Crippen LogP contribution in [0, 0.1) is 24.2 Å². The van der Waals surface area contributed by atoms with Crippen LogP contribution in [0.2, 0.25) is 5.02 Å². The van der Waals surface area contributed by atoms with E-state index in [1.807, 2.05) is 55.5 Å². The molecule has 3 aliphatic rings. The number of aliphatic hydroxyl groups excluding tert-OH is 1. The van der Waals surface area contributed by atoms with Crippen LogP contribution in [0.15, 0.2) is 75.9 Å². The summed E-state index contributed by atoms with van der Waals surface area (Å²) in [5, 5.41) is 29.9. The number of carbonyl (C=O) groups is 1. The third-order valence-corrected chi connectivity index (χ3v) is 11.0. The summed E-state index contributed by atoms with van der Waals surface area (Å²) in [6.07, 6.45) is 9.39. The van der Waals surface area contributed by atoms with E-state index in [4.69, 9.17) is 32.6 Å². The first-order chi connectivity index (χ1) is 24.6. The number of likely N-dealkylation sites (tertiary alicyclic amines) is 2. The topological polar surface area (TPSA) is 127 Å². The van der Waals surface area contributed by atoms with Crippen molar-refractivity contribution < 1.29 is 19.4 Å². The molecule has 0 spiro atoms. The molecule has 51 heavy (non-hydrogen) atoms. The van der Waals surface area contributed by atoms with E-state index in [2.05, 4.69) is 33.9 Å². The number of fused-ring (bicyclic) bond motifs is 1. The fourth-order valence-electron chi connectivity index (χ4n) is 7.47. The number of pyridine rings is 1. The quantitative estimate of drug-likeness (QED) is 0.168. The van der Waals surface area contributed by atoms with Crippen LogP contribution in [0.25, 0.3) is 39.8 Å². The number of alkyl halides is 1. The van der Waals surface area contributed by atoms with E-state index in [0.29, 0.717) is 65.7 Å². The molecule has 0 saturated carbocycles. The molecule has 4 aromatic rings. The van der Waals surface area contributed by atoms with Crippen LogP contribution in [0.5, 0.6) is 0 Å². The Morgan fingerprint density at radius 3 is 2.61 bits per heavy atom. The lowest BCUT2D eigenvalue weighted by molar-refractivity contribution is -0.141. The van der Waals surface area contributed by atoms with E-state index >= 15 is 0 Å². The van der Waals surface area contributed by atoms with Crippen LogP contribution in [0.1, 0.15) is 48.6 Å². The SMILES string of the molecule is CC1=C(CN2CC[C@@H](C(=O)O)C2)CC(Cl)C(/C=C/c2nccc(-c3cccc(-c4nc5cc(CN6CC[C@@H](O)C6)cc(Cl)c5o4)c3C)c2C#N)=C1. The Labute approximate surface area is 307 Å². The first-order valence-electron chi connectivity index (χ1n) is 17.2. The Hall–Kier alpha value is -4.30. The van der Waals surface area contributed by atoms with Gasteiger partial charge in [0, 0.05) is 50.0 Å². The summed E-state index contributed by atoms with van der Waals surface area (Å²) in [7, 11) is 0. The van der Waals surface area contributed by atoms with Gasteiger partial charge >= 0.3 is 5.97 Å². The maximum atomic E-state index is 11.4. The highest BCUT2D eigenvalue weighted by Crippen LogP contribution is 2.37. The van der Waals surface area contributed by atoms with E-state index in [0.717, 1.165) is 65.0 Å². The minimum absolute atomic E-state index is 0.250. The van der Waals surface area contributed by atoms with Gasteiger partial charge in [0.2, 0.25) is 5.89 Å². The molecule has 2 aromatic carbocycles. The molecule has 1 aliphatic carbocycles. The number of hydrogen-bond acceptors (Lipinski definition) is 8. The molecule has 4 heterocycles. The number of nitriles is 1. The molecule has 9 nitrogen and oxygen atoms in total. The van der Waals surface area contributed by atoms with Crippen LogP contribution in [-0.4, -0.2) is 80.2 Å². The third-order valence-electron chi connectivity index (χ3n) is 10.3. The highest BCUT2D eigenvalue weighted by Gasteiger charge is 2.30. The van der Waals surface area contributed by atoms with Crippen molar-refractivity contribution in [2.45, 2.75) is 51.1 Å². The third kappa shape index (κ3) is 7.39. The zero-order valence-corrected chi connectivity index (χ0v) is 30.1. The molecule has 2 saturated heterocycles. The molecule has 0 bridgehead atoms. The highest BCUT2D eigenvalue weighted by atomic mass is 35.5. The molecule has 2 aliphatic heterocycles. The van der Waals surface area contributed by atoms with Crippen molar-refractivity contribution >= 4 is 46.3 Å². The number of aromatic nitrogens is 2. The van der Waals surface area contributed by atoms with E-state index in [1.54, 1.807) is 6.20 Å². The zero-order valence-electron chi connectivity index (χ0n) is 28.6. The molecule has 1 unspecified atom stereocenters. The summed E-state index contributed by atoms with van der Waals surface area (Å²) in [5.74, 6) is -0.596. The van der Waals surface area contributed by atoms with Crippen molar-refractivity contribution in [3.63, 3.8) is 0 Å². The fourth-order valence-corrected chi connectivity index (χ4v) is 8.07. The number of aliphatic hydroxyl groups is 1. The number of nitrogens with zero attached hydrogens (tertiary/aromatic N) is 5. The number of aliphatic carboxylic acids is 1. The number of rotatable bonds is 9. The van der Waals surface area contributed by atoms with Gasteiger partial charge in [-0.3, -0.25) is 19.6 Å². The summed E-state index contributed by atoms with van der Waals surface area (Å²) < 4.78 is 6.23. The average molecular weight is 725 g/mol. The summed E-state index contributed by atoms with van der Waals surface area (Å²) in [6.45, 7) is 8.26. The number of benzene rings is 2. The molecular formula is C40H39Cl2N5O4. The van der Waals surface area contributed by atoms with Crippen molar-refractivity contribution in [3.8, 4) is 28.7 Å². The number of carboxylic acids is 1. The summed E-state index contributed by atoms with van der Waals surface area (Å²) in [5.41, 5.74) is 9.79. The number of carboxylic acid groups (broad SMARTS) is 1. The first-order valence-corrected chi connectivity index (χ1v) is 18.1. The van der Waals surface area contributed by atoms with E-state index in [1.165, 1.54) is 5.57 Å². The maximum Gasteiger partial charge on any atom is 0.307 e. The lowest BCUT2D eigenvalue weighted by Gasteiger charge is -2.25. The highest BCUT2D eigenvalue weighted by molar-refractivity contribution is 6.34. The second-order valence-electron chi connectivity index (χ2n) is 13.8. The Kier molecular flexibility index (Phi) is 10.2. The van der Waals surface area contributed by atoms with Gasteiger partial charge in [0.1, 0.15) is 11.6 Å². The molecule has 2 fully saturated rings. The van der Waals surface area contributed by atoms with Crippen molar-refractivity contribution in [1.29, 1.82) is 5.26 Å². The lowest BCUT2D eigenvalue weighted by atomic mass is 9.91. The van der Waals surface area contributed by atoms with Crippen LogP contribution in [0.3, 0.4) is 0 Å². The molecular weight excluding hydrogens is 685 g/mol. The fraction of sp³-hybridized carbons (Fsp3) is 0.350. The monoisotopic (exact) mass is 723 g/mol. The zero-order chi connectivity index (χ0) is 35.8. The maximum absolute atomic E-state index is 11.4. The van der Waals surface area contributed by atoms with Gasteiger partial charge in [-0.15, -0.1) is 11.6 Å². The Morgan fingerprint density at radius 2 is 1.86 bits per heavy atom. The van der Waals surface area contributed by atoms with Crippen molar-refractivity contribution in [1.82, 2.24) is 19.8 Å². The largest absolute Gasteiger partial charge is 0.481 e. The number of β-amino-alcohol motifs (C(OH)–C–C–N with tert-alkyl or cyclic N) is 1. The van der Waals surface area contributed by atoms with Crippen molar-refractivity contribution in [2.24, 2.45) is 5.92 Å². The number of oxazole rings is 1. The Bertz CT molecular complexity index is 2150. The van der Waals surface area contributed by atoms with Gasteiger partial charge in [-0.1, -0.05) is 47.0 Å². The van der Waals surface area contributed by atoms with E-state index in [-0.39, 0.29) is 17.4 Å². The molecule has 7 rings (SSSR count). The molecule has 2 aromatic heterocycles. The molecule has 11 heteroatoms. The smallest absolute Gasteiger partial charge is 0.307 e. The van der Waals surface area contributed by atoms with Crippen LogP contribution >= 0.6 is 23.2 Å². The second kappa shape index (κ2) is 14.7. The molecule has 262 valence electrons.